The summed E-state index contributed by atoms with van der Waals surface area (Å²) >= 11 is 0. The van der Waals surface area contributed by atoms with Crippen LogP contribution in [0.15, 0.2) is 29.8 Å². The van der Waals surface area contributed by atoms with Crippen molar-refractivity contribution in [2.24, 2.45) is 0 Å². The average molecular weight is 248 g/mol. The second-order valence-electron chi connectivity index (χ2n) is 5.56. The van der Waals surface area contributed by atoms with E-state index in [0.29, 0.717) is 5.57 Å². The highest BCUT2D eigenvalue weighted by Gasteiger charge is 2.49. The molecule has 0 radical (unpaired) electrons. The van der Waals surface area contributed by atoms with Gasteiger partial charge in [0.25, 0.3) is 0 Å². The van der Waals surface area contributed by atoms with Crippen molar-refractivity contribution in [3.8, 4) is 0 Å². The molecule has 1 aliphatic rings. The van der Waals surface area contributed by atoms with Crippen LogP contribution in [-0.4, -0.2) is 17.0 Å². The molecule has 0 spiro atoms. The van der Waals surface area contributed by atoms with Gasteiger partial charge in [-0.05, 0) is 51.5 Å². The highest BCUT2D eigenvalue weighted by atomic mass is 19.1. The maximum absolute atomic E-state index is 12.8. The monoisotopic (exact) mass is 248 g/mol. The van der Waals surface area contributed by atoms with Gasteiger partial charge in [-0.15, -0.1) is 0 Å². The zero-order valence-corrected chi connectivity index (χ0v) is 11.1. The number of ketones is 1. The Morgan fingerprint density at radius 1 is 1.06 bits per heavy atom. The molecule has 2 rings (SSSR count). The van der Waals surface area contributed by atoms with Crippen molar-refractivity contribution in [2.45, 2.75) is 38.9 Å². The predicted octanol–water partition coefficient (Wildman–Crippen LogP) is 3.37. The number of rotatable bonds is 1. The summed E-state index contributed by atoms with van der Waals surface area (Å²) in [6.07, 6.45) is 1.77. The first kappa shape index (κ1) is 13.0. The second-order valence-corrected chi connectivity index (χ2v) is 5.56. The number of hydrogen-bond acceptors (Lipinski definition) is 2. The molecule has 0 N–H and O–H groups in total. The van der Waals surface area contributed by atoms with E-state index in [1.807, 2.05) is 13.8 Å². The quantitative estimate of drug-likeness (QED) is 0.712. The Balaban J connectivity index is 2.43. The van der Waals surface area contributed by atoms with E-state index >= 15 is 0 Å². The summed E-state index contributed by atoms with van der Waals surface area (Å²) in [6, 6.07) is 6.06. The van der Waals surface area contributed by atoms with Crippen LogP contribution in [0.1, 0.15) is 33.3 Å². The van der Waals surface area contributed by atoms with E-state index in [1.165, 1.54) is 12.1 Å². The van der Waals surface area contributed by atoms with Crippen LogP contribution in [0.4, 0.5) is 4.39 Å². The Bertz CT molecular complexity index is 510. The fourth-order valence-corrected chi connectivity index (χ4v) is 2.30. The van der Waals surface area contributed by atoms with E-state index in [9.17, 15) is 9.18 Å². The minimum atomic E-state index is -0.796. The topological polar surface area (TPSA) is 26.3 Å². The number of ether oxygens (including phenoxy) is 1. The molecule has 1 saturated heterocycles. The minimum absolute atomic E-state index is 0.0168. The lowest BCUT2D eigenvalue weighted by Crippen LogP contribution is -2.29. The summed E-state index contributed by atoms with van der Waals surface area (Å²) in [7, 11) is 0. The van der Waals surface area contributed by atoms with Crippen molar-refractivity contribution >= 4 is 11.9 Å². The fraction of sp³-hybridized carbons (Fsp3) is 0.400. The van der Waals surface area contributed by atoms with Gasteiger partial charge in [0.2, 0.25) is 0 Å². The maximum atomic E-state index is 12.8. The molecule has 1 fully saturated rings. The third kappa shape index (κ3) is 2.23. The van der Waals surface area contributed by atoms with Gasteiger partial charge in [0, 0.05) is 5.57 Å². The van der Waals surface area contributed by atoms with Gasteiger partial charge in [0.1, 0.15) is 11.4 Å². The lowest BCUT2D eigenvalue weighted by atomic mass is 9.91. The van der Waals surface area contributed by atoms with E-state index in [1.54, 1.807) is 32.1 Å². The van der Waals surface area contributed by atoms with Gasteiger partial charge >= 0.3 is 0 Å². The predicted molar refractivity (Wildman–Crippen MR) is 68.6 cm³/mol. The summed E-state index contributed by atoms with van der Waals surface area (Å²) in [5.41, 5.74) is 0.0119. The normalized spacial score (nSPS) is 23.6. The van der Waals surface area contributed by atoms with Crippen molar-refractivity contribution in [1.82, 2.24) is 0 Å². The van der Waals surface area contributed by atoms with Crippen molar-refractivity contribution in [3.05, 3.63) is 41.2 Å². The molecular formula is C15H17FO2. The largest absolute Gasteiger partial charge is 0.357 e. The third-order valence-corrected chi connectivity index (χ3v) is 3.13. The molecule has 3 heteroatoms. The van der Waals surface area contributed by atoms with Gasteiger partial charge in [0.05, 0.1) is 5.60 Å². The van der Waals surface area contributed by atoms with Gasteiger partial charge in [-0.1, -0.05) is 12.1 Å². The van der Waals surface area contributed by atoms with Crippen LogP contribution < -0.4 is 0 Å². The van der Waals surface area contributed by atoms with E-state index < -0.39 is 11.2 Å². The standard InChI is InChI=1S/C15H17FO2/c1-14(2)12(13(17)15(3,4)18-14)9-10-5-7-11(16)8-6-10/h5-9H,1-4H3. The molecule has 1 aromatic rings. The van der Waals surface area contributed by atoms with Crippen molar-refractivity contribution in [2.75, 3.05) is 0 Å². The van der Waals surface area contributed by atoms with Crippen LogP contribution in [-0.2, 0) is 9.53 Å². The molecule has 0 unspecified atom stereocenters. The first-order chi connectivity index (χ1) is 8.22. The molecule has 0 saturated carbocycles. The van der Waals surface area contributed by atoms with Gasteiger partial charge in [-0.2, -0.15) is 0 Å². The Labute approximate surface area is 106 Å². The van der Waals surface area contributed by atoms with Crippen molar-refractivity contribution in [1.29, 1.82) is 0 Å². The molecule has 96 valence electrons. The minimum Gasteiger partial charge on any atom is -0.357 e. The van der Waals surface area contributed by atoms with Crippen LogP contribution in [0.3, 0.4) is 0 Å². The lowest BCUT2D eigenvalue weighted by Gasteiger charge is -2.22. The molecular weight excluding hydrogens is 231 g/mol. The summed E-state index contributed by atoms with van der Waals surface area (Å²) in [6.45, 7) is 7.27. The van der Waals surface area contributed by atoms with Crippen LogP contribution >= 0.6 is 0 Å². The number of carbonyl (C=O) groups is 1. The fourth-order valence-electron chi connectivity index (χ4n) is 2.30. The summed E-state index contributed by atoms with van der Waals surface area (Å²) < 4.78 is 18.6. The maximum Gasteiger partial charge on any atom is 0.192 e. The van der Waals surface area contributed by atoms with Crippen molar-refractivity contribution < 1.29 is 13.9 Å². The van der Waals surface area contributed by atoms with Gasteiger partial charge < -0.3 is 4.74 Å². The summed E-state index contributed by atoms with van der Waals surface area (Å²) in [5.74, 6) is -0.303. The molecule has 0 bridgehead atoms. The Hall–Kier alpha value is -1.48. The molecule has 1 aliphatic heterocycles. The first-order valence-electron chi connectivity index (χ1n) is 5.95. The molecule has 2 nitrogen and oxygen atoms in total. The summed E-state index contributed by atoms with van der Waals surface area (Å²) in [5, 5.41) is 0. The Morgan fingerprint density at radius 3 is 2.06 bits per heavy atom. The van der Waals surface area contributed by atoms with Crippen molar-refractivity contribution in [3.63, 3.8) is 0 Å². The van der Waals surface area contributed by atoms with Crippen LogP contribution in [0, 0.1) is 5.82 Å². The van der Waals surface area contributed by atoms with E-state index in [-0.39, 0.29) is 11.6 Å². The zero-order valence-electron chi connectivity index (χ0n) is 11.1. The number of halogens is 1. The number of carbonyl (C=O) groups excluding carboxylic acids is 1. The zero-order chi connectivity index (χ0) is 13.6. The molecule has 0 aliphatic carbocycles. The summed E-state index contributed by atoms with van der Waals surface area (Å²) in [4.78, 5) is 12.2. The van der Waals surface area contributed by atoms with Crippen LogP contribution in [0.25, 0.3) is 6.08 Å². The van der Waals surface area contributed by atoms with Gasteiger partial charge in [0.15, 0.2) is 5.78 Å². The SMILES string of the molecule is CC1(C)OC(C)(C)C(=Cc2ccc(F)cc2)C1=O. The third-order valence-electron chi connectivity index (χ3n) is 3.13. The Morgan fingerprint density at radius 2 is 1.61 bits per heavy atom. The lowest BCUT2D eigenvalue weighted by molar-refractivity contribution is -0.132. The molecule has 18 heavy (non-hydrogen) atoms. The van der Waals surface area contributed by atoms with E-state index in [0.717, 1.165) is 5.56 Å². The van der Waals surface area contributed by atoms with Gasteiger partial charge in [-0.3, -0.25) is 4.79 Å². The number of Topliss-reactive ketones (excluding diaryl/α,β-unsaturated/α-hetero) is 1. The Kier molecular flexibility index (Phi) is 2.90. The number of hydrogen-bond donors (Lipinski definition) is 0. The first-order valence-corrected chi connectivity index (χ1v) is 5.95. The van der Waals surface area contributed by atoms with Gasteiger partial charge in [-0.25, -0.2) is 4.39 Å². The average Bonchev–Trinajstić information content (AvgIpc) is 2.39. The second kappa shape index (κ2) is 4.02. The molecule has 1 aromatic carbocycles. The molecule has 0 aromatic heterocycles. The highest BCUT2D eigenvalue weighted by Crippen LogP contribution is 2.39. The van der Waals surface area contributed by atoms with Crippen LogP contribution in [0.2, 0.25) is 0 Å². The molecule has 1 heterocycles. The van der Waals surface area contributed by atoms with Crippen LogP contribution in [0.5, 0.6) is 0 Å². The van der Waals surface area contributed by atoms with E-state index in [2.05, 4.69) is 0 Å². The molecule has 0 amide bonds. The number of benzene rings is 1. The van der Waals surface area contributed by atoms with E-state index in [4.69, 9.17) is 4.74 Å². The smallest absolute Gasteiger partial charge is 0.192 e. The molecule has 0 atom stereocenters. The highest BCUT2D eigenvalue weighted by molar-refractivity contribution is 6.08.